The van der Waals surface area contributed by atoms with Gasteiger partial charge in [0.1, 0.15) is 0 Å². The molecule has 92 valence electrons. The molecule has 2 rings (SSSR count). The molecule has 1 saturated carbocycles. The Bertz CT molecular complexity index is 256. The average molecular weight is 226 g/mol. The maximum atomic E-state index is 11.3. The molecule has 1 saturated heterocycles. The molecule has 1 N–H and O–H groups in total. The first-order chi connectivity index (χ1) is 7.66. The van der Waals surface area contributed by atoms with E-state index in [1.807, 2.05) is 0 Å². The van der Waals surface area contributed by atoms with Crippen molar-refractivity contribution in [3.8, 4) is 0 Å². The number of likely N-dealkylation sites (N-methyl/N-ethyl adjacent to an activating group) is 1. The topological polar surface area (TPSA) is 43.8 Å². The summed E-state index contributed by atoms with van der Waals surface area (Å²) in [4.78, 5) is 16.0. The van der Waals surface area contributed by atoms with Crippen LogP contribution in [-0.2, 0) is 4.79 Å². The highest BCUT2D eigenvalue weighted by molar-refractivity contribution is 5.76. The maximum absolute atomic E-state index is 11.3. The van der Waals surface area contributed by atoms with Gasteiger partial charge < -0.3 is 10.0 Å². The number of carboxylic acid groups (broad SMARTS) is 1. The monoisotopic (exact) mass is 226 g/mol. The summed E-state index contributed by atoms with van der Waals surface area (Å²) in [5.41, 5.74) is -0.408. The Morgan fingerprint density at radius 3 is 2.12 bits per heavy atom. The molecule has 1 aliphatic carbocycles. The van der Waals surface area contributed by atoms with Crippen molar-refractivity contribution in [2.75, 3.05) is 39.3 Å². The van der Waals surface area contributed by atoms with Crippen LogP contribution in [0.5, 0.6) is 0 Å². The van der Waals surface area contributed by atoms with Gasteiger partial charge in [-0.25, -0.2) is 0 Å². The molecule has 0 bridgehead atoms. The van der Waals surface area contributed by atoms with E-state index < -0.39 is 11.4 Å². The Morgan fingerprint density at radius 2 is 1.75 bits per heavy atom. The van der Waals surface area contributed by atoms with Crippen LogP contribution >= 0.6 is 0 Å². The van der Waals surface area contributed by atoms with E-state index in [9.17, 15) is 9.90 Å². The van der Waals surface area contributed by atoms with E-state index in [0.717, 1.165) is 58.5 Å². The van der Waals surface area contributed by atoms with Gasteiger partial charge in [0.25, 0.3) is 0 Å². The van der Waals surface area contributed by atoms with Gasteiger partial charge in [-0.3, -0.25) is 9.69 Å². The molecule has 16 heavy (non-hydrogen) atoms. The fourth-order valence-electron chi connectivity index (χ4n) is 2.73. The molecule has 0 aromatic carbocycles. The lowest BCUT2D eigenvalue weighted by atomic mass is 9.68. The molecule has 4 heteroatoms. The van der Waals surface area contributed by atoms with E-state index in [0.29, 0.717) is 0 Å². The molecule has 0 radical (unpaired) electrons. The van der Waals surface area contributed by atoms with Crippen molar-refractivity contribution in [1.82, 2.24) is 9.80 Å². The van der Waals surface area contributed by atoms with Crippen LogP contribution in [0.3, 0.4) is 0 Å². The van der Waals surface area contributed by atoms with Crippen LogP contribution < -0.4 is 0 Å². The minimum atomic E-state index is -0.586. The number of rotatable bonds is 4. The fourth-order valence-corrected chi connectivity index (χ4v) is 2.73. The number of carbonyl (C=O) groups is 1. The van der Waals surface area contributed by atoms with E-state index in [1.165, 1.54) is 0 Å². The molecule has 1 heterocycles. The van der Waals surface area contributed by atoms with Crippen molar-refractivity contribution in [3.63, 3.8) is 0 Å². The summed E-state index contributed by atoms with van der Waals surface area (Å²) in [5.74, 6) is -0.586. The molecule has 2 fully saturated rings. The van der Waals surface area contributed by atoms with Gasteiger partial charge in [-0.2, -0.15) is 0 Å². The average Bonchev–Trinajstić information content (AvgIpc) is 2.24. The third-order valence-corrected chi connectivity index (χ3v) is 4.20. The summed E-state index contributed by atoms with van der Waals surface area (Å²) in [6.07, 6.45) is 2.83. The summed E-state index contributed by atoms with van der Waals surface area (Å²) in [6, 6.07) is 0. The van der Waals surface area contributed by atoms with Gasteiger partial charge in [0.15, 0.2) is 0 Å². The molecule has 0 spiro atoms. The maximum Gasteiger partial charge on any atom is 0.310 e. The molecule has 2 aliphatic rings. The molecule has 0 atom stereocenters. The Hall–Kier alpha value is -0.610. The molecule has 4 nitrogen and oxygen atoms in total. The zero-order valence-corrected chi connectivity index (χ0v) is 10.1. The van der Waals surface area contributed by atoms with Crippen molar-refractivity contribution >= 4 is 5.97 Å². The predicted octanol–water partition coefficient (Wildman–Crippen LogP) is 0.879. The number of piperazine rings is 1. The molecule has 0 aromatic heterocycles. The van der Waals surface area contributed by atoms with E-state index in [1.54, 1.807) is 0 Å². The Balaban J connectivity index is 1.84. The molecular weight excluding hydrogens is 204 g/mol. The fraction of sp³-hybridized carbons (Fsp3) is 0.917. The number of hydrogen-bond acceptors (Lipinski definition) is 3. The normalized spacial score (nSPS) is 26.3. The highest BCUT2D eigenvalue weighted by atomic mass is 16.4. The van der Waals surface area contributed by atoms with Crippen molar-refractivity contribution in [1.29, 1.82) is 0 Å². The van der Waals surface area contributed by atoms with Crippen molar-refractivity contribution in [2.24, 2.45) is 5.41 Å². The highest BCUT2D eigenvalue weighted by Crippen LogP contribution is 2.41. The van der Waals surface area contributed by atoms with E-state index >= 15 is 0 Å². The lowest BCUT2D eigenvalue weighted by Gasteiger charge is -2.44. The van der Waals surface area contributed by atoms with Crippen LogP contribution in [0.2, 0.25) is 0 Å². The third kappa shape index (κ3) is 2.23. The number of hydrogen-bond donors (Lipinski definition) is 1. The standard InChI is InChI=1S/C12H22N2O2/c1-2-13-6-8-14(9-7-13)10-12(11(15)16)4-3-5-12/h2-10H2,1H3,(H,15,16). The second-order valence-corrected chi connectivity index (χ2v) is 5.15. The molecule has 0 aromatic rings. The van der Waals surface area contributed by atoms with Crippen LogP contribution in [0.15, 0.2) is 0 Å². The lowest BCUT2D eigenvalue weighted by molar-refractivity contribution is -0.156. The highest BCUT2D eigenvalue weighted by Gasteiger charge is 2.45. The number of carboxylic acids is 1. The molecule has 0 unspecified atom stereocenters. The number of nitrogens with zero attached hydrogens (tertiary/aromatic N) is 2. The predicted molar refractivity (Wildman–Crippen MR) is 62.5 cm³/mol. The minimum Gasteiger partial charge on any atom is -0.481 e. The quantitative estimate of drug-likeness (QED) is 0.773. The first-order valence-corrected chi connectivity index (χ1v) is 6.34. The van der Waals surface area contributed by atoms with Crippen LogP contribution in [0, 0.1) is 5.41 Å². The molecule has 1 aliphatic heterocycles. The van der Waals surface area contributed by atoms with Crippen molar-refractivity contribution < 1.29 is 9.90 Å². The van der Waals surface area contributed by atoms with Gasteiger partial charge in [-0.1, -0.05) is 13.3 Å². The summed E-state index contributed by atoms with van der Waals surface area (Å²) >= 11 is 0. The summed E-state index contributed by atoms with van der Waals surface area (Å²) in [7, 11) is 0. The first kappa shape index (κ1) is 11.9. The zero-order chi connectivity index (χ0) is 11.6. The van der Waals surface area contributed by atoms with Gasteiger partial charge in [-0.15, -0.1) is 0 Å². The Kier molecular flexibility index (Phi) is 3.50. The largest absolute Gasteiger partial charge is 0.481 e. The van der Waals surface area contributed by atoms with Crippen LogP contribution in [0.1, 0.15) is 26.2 Å². The second-order valence-electron chi connectivity index (χ2n) is 5.15. The van der Waals surface area contributed by atoms with Gasteiger partial charge in [0, 0.05) is 32.7 Å². The zero-order valence-electron chi connectivity index (χ0n) is 10.1. The SMILES string of the molecule is CCN1CCN(CC2(C(=O)O)CCC2)CC1. The van der Waals surface area contributed by atoms with Gasteiger partial charge in [-0.05, 0) is 19.4 Å². The van der Waals surface area contributed by atoms with Gasteiger partial charge in [0.05, 0.1) is 5.41 Å². The second kappa shape index (κ2) is 4.72. The van der Waals surface area contributed by atoms with E-state index in [4.69, 9.17) is 0 Å². The van der Waals surface area contributed by atoms with Crippen LogP contribution in [0.4, 0.5) is 0 Å². The summed E-state index contributed by atoms with van der Waals surface area (Å²) < 4.78 is 0. The minimum absolute atomic E-state index is 0.408. The number of aliphatic carboxylic acids is 1. The van der Waals surface area contributed by atoms with Gasteiger partial charge in [0.2, 0.25) is 0 Å². The first-order valence-electron chi connectivity index (χ1n) is 6.34. The lowest BCUT2D eigenvalue weighted by Crippen LogP contribution is -2.53. The van der Waals surface area contributed by atoms with E-state index in [2.05, 4.69) is 16.7 Å². The smallest absolute Gasteiger partial charge is 0.310 e. The van der Waals surface area contributed by atoms with Crippen LogP contribution in [-0.4, -0.2) is 60.1 Å². The third-order valence-electron chi connectivity index (χ3n) is 4.20. The van der Waals surface area contributed by atoms with Gasteiger partial charge >= 0.3 is 5.97 Å². The van der Waals surface area contributed by atoms with Crippen molar-refractivity contribution in [2.45, 2.75) is 26.2 Å². The molecular formula is C12H22N2O2. The summed E-state index contributed by atoms with van der Waals surface area (Å²) in [6.45, 7) is 8.29. The van der Waals surface area contributed by atoms with Crippen molar-refractivity contribution in [3.05, 3.63) is 0 Å². The van der Waals surface area contributed by atoms with Crippen LogP contribution in [0.25, 0.3) is 0 Å². The Morgan fingerprint density at radius 1 is 1.19 bits per heavy atom. The Labute approximate surface area is 97.2 Å². The summed E-state index contributed by atoms with van der Waals surface area (Å²) in [5, 5.41) is 9.28. The van der Waals surface area contributed by atoms with E-state index in [-0.39, 0.29) is 0 Å². The molecule has 0 amide bonds.